The monoisotopic (exact) mass is 297 g/mol. The van der Waals surface area contributed by atoms with E-state index >= 15 is 0 Å². The van der Waals surface area contributed by atoms with Crippen LogP contribution in [0.5, 0.6) is 0 Å². The van der Waals surface area contributed by atoms with Crippen LogP contribution in [0.2, 0.25) is 5.02 Å². The van der Waals surface area contributed by atoms with Crippen molar-refractivity contribution in [3.8, 4) is 0 Å². The van der Waals surface area contributed by atoms with Gasteiger partial charge >= 0.3 is 0 Å². The van der Waals surface area contributed by atoms with Gasteiger partial charge in [-0.05, 0) is 18.2 Å². The van der Waals surface area contributed by atoms with Crippen LogP contribution in [0.1, 0.15) is 0 Å². The maximum absolute atomic E-state index is 12.9. The SMILES string of the molecule is NNc1cc([N+](=O)[O-])cc(Nc2ccc(F)cc2Cl)n1. The van der Waals surface area contributed by atoms with Crippen LogP contribution in [0.3, 0.4) is 0 Å². The first-order valence-electron chi connectivity index (χ1n) is 5.35. The predicted molar refractivity (Wildman–Crippen MR) is 73.4 cm³/mol. The molecule has 0 saturated carbocycles. The highest BCUT2D eigenvalue weighted by molar-refractivity contribution is 6.33. The summed E-state index contributed by atoms with van der Waals surface area (Å²) in [6.45, 7) is 0. The predicted octanol–water partition coefficient (Wildman–Crippen LogP) is 2.81. The van der Waals surface area contributed by atoms with Crippen molar-refractivity contribution in [1.29, 1.82) is 0 Å². The van der Waals surface area contributed by atoms with Gasteiger partial charge in [0.15, 0.2) is 0 Å². The van der Waals surface area contributed by atoms with Crippen molar-refractivity contribution in [2.24, 2.45) is 5.84 Å². The number of halogens is 2. The Balaban J connectivity index is 2.37. The molecule has 1 heterocycles. The van der Waals surface area contributed by atoms with Gasteiger partial charge in [-0.25, -0.2) is 15.2 Å². The van der Waals surface area contributed by atoms with Gasteiger partial charge in [0.2, 0.25) is 0 Å². The number of aromatic nitrogens is 1. The van der Waals surface area contributed by atoms with Crippen molar-refractivity contribution >= 4 is 34.6 Å². The van der Waals surface area contributed by atoms with Crippen molar-refractivity contribution < 1.29 is 9.31 Å². The second-order valence-electron chi connectivity index (χ2n) is 3.75. The molecule has 0 atom stereocenters. The first kappa shape index (κ1) is 14.0. The summed E-state index contributed by atoms with van der Waals surface area (Å²) in [5, 5.41) is 13.7. The van der Waals surface area contributed by atoms with Gasteiger partial charge in [0.25, 0.3) is 5.69 Å². The maximum atomic E-state index is 12.9. The van der Waals surface area contributed by atoms with Gasteiger partial charge in [-0.3, -0.25) is 10.1 Å². The largest absolute Gasteiger partial charge is 0.339 e. The molecule has 20 heavy (non-hydrogen) atoms. The molecule has 0 radical (unpaired) electrons. The Bertz CT molecular complexity index is 667. The van der Waals surface area contributed by atoms with Crippen molar-refractivity contribution in [2.45, 2.75) is 0 Å². The number of rotatable bonds is 4. The summed E-state index contributed by atoms with van der Waals surface area (Å²) < 4.78 is 12.9. The van der Waals surface area contributed by atoms with Gasteiger partial charge in [-0.1, -0.05) is 11.6 Å². The Hall–Kier alpha value is -2.45. The van der Waals surface area contributed by atoms with E-state index in [1.807, 2.05) is 0 Å². The summed E-state index contributed by atoms with van der Waals surface area (Å²) in [7, 11) is 0. The molecule has 0 fully saturated rings. The Kier molecular flexibility index (Phi) is 3.97. The molecule has 7 nitrogen and oxygen atoms in total. The molecule has 0 aliphatic carbocycles. The molecule has 0 aliphatic rings. The number of nitrogens with zero attached hydrogens (tertiary/aromatic N) is 2. The molecule has 0 bridgehead atoms. The van der Waals surface area contributed by atoms with E-state index in [1.54, 1.807) is 0 Å². The third-order valence-corrected chi connectivity index (χ3v) is 2.68. The van der Waals surface area contributed by atoms with E-state index in [9.17, 15) is 14.5 Å². The van der Waals surface area contributed by atoms with Crippen LogP contribution in [0.25, 0.3) is 0 Å². The number of hydrazine groups is 1. The number of hydrogen-bond acceptors (Lipinski definition) is 6. The summed E-state index contributed by atoms with van der Waals surface area (Å²) in [4.78, 5) is 14.2. The maximum Gasteiger partial charge on any atom is 0.276 e. The minimum atomic E-state index is -0.583. The first-order chi connectivity index (χ1) is 9.49. The second kappa shape index (κ2) is 5.68. The molecule has 9 heteroatoms. The molecule has 2 rings (SSSR count). The van der Waals surface area contributed by atoms with E-state index in [0.29, 0.717) is 5.69 Å². The van der Waals surface area contributed by atoms with E-state index in [2.05, 4.69) is 15.7 Å². The lowest BCUT2D eigenvalue weighted by Gasteiger charge is -2.09. The number of nitro groups is 1. The Morgan fingerprint density at radius 1 is 1.30 bits per heavy atom. The lowest BCUT2D eigenvalue weighted by molar-refractivity contribution is -0.384. The molecule has 0 amide bonds. The summed E-state index contributed by atoms with van der Waals surface area (Å²) in [6, 6.07) is 6.10. The Morgan fingerprint density at radius 2 is 2.00 bits per heavy atom. The molecular weight excluding hydrogens is 289 g/mol. The zero-order valence-electron chi connectivity index (χ0n) is 9.93. The number of anilines is 3. The quantitative estimate of drug-likeness (QED) is 0.455. The average molecular weight is 298 g/mol. The Morgan fingerprint density at radius 3 is 2.60 bits per heavy atom. The number of benzene rings is 1. The molecule has 1 aromatic heterocycles. The summed E-state index contributed by atoms with van der Waals surface area (Å²) >= 11 is 5.85. The lowest BCUT2D eigenvalue weighted by Crippen LogP contribution is -2.10. The van der Waals surface area contributed by atoms with Crippen LogP contribution in [0, 0.1) is 15.9 Å². The smallest absolute Gasteiger partial charge is 0.276 e. The summed E-state index contributed by atoms with van der Waals surface area (Å²) in [5.74, 6) is 4.97. The molecule has 0 saturated heterocycles. The highest BCUT2D eigenvalue weighted by Gasteiger charge is 2.12. The molecule has 0 spiro atoms. The topological polar surface area (TPSA) is 106 Å². The van der Waals surface area contributed by atoms with E-state index in [0.717, 1.165) is 6.07 Å². The van der Waals surface area contributed by atoms with Crippen LogP contribution >= 0.6 is 11.6 Å². The van der Waals surface area contributed by atoms with Crippen molar-refractivity contribution in [3.05, 3.63) is 51.3 Å². The van der Waals surface area contributed by atoms with Gasteiger partial charge in [0.05, 0.1) is 27.8 Å². The zero-order chi connectivity index (χ0) is 14.7. The molecule has 0 unspecified atom stereocenters. The fourth-order valence-corrected chi connectivity index (χ4v) is 1.70. The van der Waals surface area contributed by atoms with Crippen molar-refractivity contribution in [2.75, 3.05) is 10.7 Å². The van der Waals surface area contributed by atoms with E-state index in [1.165, 1.54) is 24.3 Å². The Labute approximate surface area is 117 Å². The van der Waals surface area contributed by atoms with Gasteiger partial charge < -0.3 is 10.7 Å². The van der Waals surface area contributed by atoms with Crippen LogP contribution in [-0.2, 0) is 0 Å². The molecule has 104 valence electrons. The molecule has 4 N–H and O–H groups in total. The third-order valence-electron chi connectivity index (χ3n) is 2.36. The number of hydrogen-bond donors (Lipinski definition) is 3. The van der Waals surface area contributed by atoms with Gasteiger partial charge in [0.1, 0.15) is 17.5 Å². The fraction of sp³-hybridized carbons (Fsp3) is 0. The zero-order valence-corrected chi connectivity index (χ0v) is 10.7. The highest BCUT2D eigenvalue weighted by atomic mass is 35.5. The number of nitrogens with two attached hydrogens (primary N) is 1. The summed E-state index contributed by atoms with van der Waals surface area (Å²) in [6.07, 6.45) is 0. The van der Waals surface area contributed by atoms with Crippen LogP contribution in [0.15, 0.2) is 30.3 Å². The number of pyridine rings is 1. The molecule has 1 aromatic carbocycles. The second-order valence-corrected chi connectivity index (χ2v) is 4.15. The summed E-state index contributed by atoms with van der Waals surface area (Å²) in [5.41, 5.74) is 2.39. The minimum absolute atomic E-state index is 0.111. The molecular formula is C11H9ClFN5O2. The lowest BCUT2D eigenvalue weighted by atomic mass is 10.3. The number of nitrogens with one attached hydrogen (secondary N) is 2. The van der Waals surface area contributed by atoms with Crippen LogP contribution < -0.4 is 16.6 Å². The van der Waals surface area contributed by atoms with Crippen LogP contribution in [-0.4, -0.2) is 9.91 Å². The van der Waals surface area contributed by atoms with Gasteiger partial charge in [0, 0.05) is 0 Å². The minimum Gasteiger partial charge on any atom is -0.339 e. The van der Waals surface area contributed by atoms with Gasteiger partial charge in [-0.15, -0.1) is 0 Å². The third kappa shape index (κ3) is 3.11. The molecule has 0 aliphatic heterocycles. The van der Waals surface area contributed by atoms with Crippen molar-refractivity contribution in [3.63, 3.8) is 0 Å². The van der Waals surface area contributed by atoms with E-state index in [4.69, 9.17) is 17.4 Å². The fourth-order valence-electron chi connectivity index (χ4n) is 1.49. The van der Waals surface area contributed by atoms with E-state index in [-0.39, 0.29) is 22.3 Å². The average Bonchev–Trinajstić information content (AvgIpc) is 2.41. The first-order valence-corrected chi connectivity index (χ1v) is 5.72. The number of nitrogen functional groups attached to an aromatic ring is 1. The van der Waals surface area contributed by atoms with Crippen molar-refractivity contribution in [1.82, 2.24) is 4.98 Å². The van der Waals surface area contributed by atoms with Crippen LogP contribution in [0.4, 0.5) is 27.4 Å². The van der Waals surface area contributed by atoms with Gasteiger partial charge in [-0.2, -0.15) is 0 Å². The van der Waals surface area contributed by atoms with E-state index < -0.39 is 10.7 Å². The molecule has 2 aromatic rings. The highest BCUT2D eigenvalue weighted by Crippen LogP contribution is 2.28. The standard InChI is InChI=1S/C11H9ClFN5O2/c12-8-3-6(13)1-2-9(8)15-10-4-7(18(19)20)5-11(16-10)17-14/h1-5H,14H2,(H2,15,16,17). The normalized spacial score (nSPS) is 10.2.